The fourth-order valence-electron chi connectivity index (χ4n) is 2.12. The van der Waals surface area contributed by atoms with Gasteiger partial charge in [0.15, 0.2) is 6.29 Å². The van der Waals surface area contributed by atoms with Gasteiger partial charge in [-0.2, -0.15) is 0 Å². The second-order valence-corrected chi connectivity index (χ2v) is 4.20. The summed E-state index contributed by atoms with van der Waals surface area (Å²) in [5, 5.41) is 0.799. The predicted molar refractivity (Wildman–Crippen MR) is 69.1 cm³/mol. The maximum absolute atomic E-state index is 11.8. The summed E-state index contributed by atoms with van der Waals surface area (Å²) >= 11 is 0. The monoisotopic (exact) mass is 245 g/mol. The zero-order valence-electron chi connectivity index (χ0n) is 10.7. The first-order valence-electron chi connectivity index (χ1n) is 5.84. The molecule has 2 aromatic rings. The summed E-state index contributed by atoms with van der Waals surface area (Å²) in [4.78, 5) is 26.1. The van der Waals surface area contributed by atoms with Crippen LogP contribution in [0.25, 0.3) is 10.9 Å². The predicted octanol–water partition coefficient (Wildman–Crippen LogP) is 2.77. The number of aromatic amines is 1. The molecule has 0 radical (unpaired) electrons. The standard InChI is InChI=1S/C14H15NO3/c1-4-18-14(17)13-10(7-16)11-8(2)5-6-9(3)12(11)15-13/h5-7,15H,4H2,1-3H3. The lowest BCUT2D eigenvalue weighted by Gasteiger charge is -2.00. The van der Waals surface area contributed by atoms with Gasteiger partial charge in [-0.3, -0.25) is 4.79 Å². The lowest BCUT2D eigenvalue weighted by atomic mass is 10.0. The van der Waals surface area contributed by atoms with Crippen molar-refractivity contribution in [3.8, 4) is 0 Å². The molecule has 0 unspecified atom stereocenters. The van der Waals surface area contributed by atoms with Crippen LogP contribution in [0.15, 0.2) is 12.1 Å². The molecule has 2 rings (SSSR count). The van der Waals surface area contributed by atoms with Crippen molar-refractivity contribution in [2.45, 2.75) is 20.8 Å². The minimum atomic E-state index is -0.491. The van der Waals surface area contributed by atoms with Crippen LogP contribution in [-0.4, -0.2) is 23.8 Å². The first-order valence-corrected chi connectivity index (χ1v) is 5.84. The fraction of sp³-hybridized carbons (Fsp3) is 0.286. The van der Waals surface area contributed by atoms with Crippen LogP contribution in [0.4, 0.5) is 0 Å². The highest BCUT2D eigenvalue weighted by Crippen LogP contribution is 2.27. The number of carbonyl (C=O) groups excluding carboxylic acids is 2. The van der Waals surface area contributed by atoms with Gasteiger partial charge in [0.25, 0.3) is 0 Å². The molecule has 1 aromatic carbocycles. The van der Waals surface area contributed by atoms with Crippen LogP contribution in [0, 0.1) is 13.8 Å². The Hall–Kier alpha value is -2.10. The second-order valence-electron chi connectivity index (χ2n) is 4.20. The van der Waals surface area contributed by atoms with E-state index in [1.54, 1.807) is 6.92 Å². The van der Waals surface area contributed by atoms with Gasteiger partial charge in [0, 0.05) is 10.9 Å². The quantitative estimate of drug-likeness (QED) is 0.668. The summed E-state index contributed by atoms with van der Waals surface area (Å²) in [5.41, 5.74) is 3.39. The number of aromatic nitrogens is 1. The third-order valence-electron chi connectivity index (χ3n) is 3.01. The molecule has 0 fully saturated rings. The number of esters is 1. The van der Waals surface area contributed by atoms with Crippen molar-refractivity contribution < 1.29 is 14.3 Å². The van der Waals surface area contributed by atoms with E-state index in [1.165, 1.54) is 0 Å². The molecule has 0 spiro atoms. The Morgan fingerprint density at radius 2 is 2.00 bits per heavy atom. The molecule has 1 N–H and O–H groups in total. The Bertz CT molecular complexity index is 625. The van der Waals surface area contributed by atoms with Gasteiger partial charge in [0.05, 0.1) is 12.2 Å². The van der Waals surface area contributed by atoms with Crippen molar-refractivity contribution in [3.05, 3.63) is 34.5 Å². The van der Waals surface area contributed by atoms with Gasteiger partial charge in [-0.15, -0.1) is 0 Å². The summed E-state index contributed by atoms with van der Waals surface area (Å²) in [6, 6.07) is 3.89. The number of benzene rings is 1. The third-order valence-corrected chi connectivity index (χ3v) is 3.01. The van der Waals surface area contributed by atoms with E-state index in [0.717, 1.165) is 22.0 Å². The molecule has 0 aliphatic heterocycles. The van der Waals surface area contributed by atoms with Crippen molar-refractivity contribution in [1.29, 1.82) is 0 Å². The molecular formula is C14H15NO3. The lowest BCUT2D eigenvalue weighted by Crippen LogP contribution is -2.07. The first-order chi connectivity index (χ1) is 8.60. The topological polar surface area (TPSA) is 59.2 Å². The summed E-state index contributed by atoms with van der Waals surface area (Å²) in [7, 11) is 0. The molecule has 94 valence electrons. The second kappa shape index (κ2) is 4.64. The van der Waals surface area contributed by atoms with E-state index in [-0.39, 0.29) is 12.3 Å². The van der Waals surface area contributed by atoms with E-state index < -0.39 is 5.97 Å². The molecule has 1 aromatic heterocycles. The van der Waals surface area contributed by atoms with Gasteiger partial charge in [-0.05, 0) is 31.9 Å². The SMILES string of the molecule is CCOC(=O)c1[nH]c2c(C)ccc(C)c2c1C=O. The number of H-pyrrole nitrogens is 1. The maximum atomic E-state index is 11.8. The number of aryl methyl sites for hydroxylation is 2. The maximum Gasteiger partial charge on any atom is 0.355 e. The Morgan fingerprint density at radius 3 is 2.61 bits per heavy atom. The highest BCUT2D eigenvalue weighted by Gasteiger charge is 2.20. The lowest BCUT2D eigenvalue weighted by molar-refractivity contribution is 0.0518. The zero-order chi connectivity index (χ0) is 13.3. The van der Waals surface area contributed by atoms with Crippen molar-refractivity contribution in [2.24, 2.45) is 0 Å². The normalized spacial score (nSPS) is 10.6. The highest BCUT2D eigenvalue weighted by atomic mass is 16.5. The van der Waals surface area contributed by atoms with Crippen molar-refractivity contribution >= 4 is 23.2 Å². The minimum absolute atomic E-state index is 0.235. The van der Waals surface area contributed by atoms with Gasteiger partial charge in [-0.1, -0.05) is 12.1 Å². The molecule has 0 aliphatic carbocycles. The van der Waals surface area contributed by atoms with Gasteiger partial charge >= 0.3 is 5.97 Å². The number of hydrogen-bond donors (Lipinski definition) is 1. The summed E-state index contributed by atoms with van der Waals surface area (Å²) in [6.07, 6.45) is 0.706. The molecule has 4 nitrogen and oxygen atoms in total. The number of fused-ring (bicyclic) bond motifs is 1. The van der Waals surface area contributed by atoms with E-state index in [4.69, 9.17) is 4.74 Å². The molecule has 18 heavy (non-hydrogen) atoms. The van der Waals surface area contributed by atoms with Gasteiger partial charge in [-0.25, -0.2) is 4.79 Å². The highest BCUT2D eigenvalue weighted by molar-refractivity contribution is 6.09. The summed E-state index contributed by atoms with van der Waals surface area (Å²) < 4.78 is 4.95. The van der Waals surface area contributed by atoms with Crippen LogP contribution >= 0.6 is 0 Å². The van der Waals surface area contributed by atoms with E-state index in [2.05, 4.69) is 4.98 Å². The molecule has 0 bridgehead atoms. The van der Waals surface area contributed by atoms with Crippen LogP contribution in [-0.2, 0) is 4.74 Å². The van der Waals surface area contributed by atoms with Crippen molar-refractivity contribution in [3.63, 3.8) is 0 Å². The molecule has 1 heterocycles. The van der Waals surface area contributed by atoms with Gasteiger partial charge in [0.2, 0.25) is 0 Å². The van der Waals surface area contributed by atoms with E-state index in [1.807, 2.05) is 26.0 Å². The van der Waals surface area contributed by atoms with Crippen LogP contribution < -0.4 is 0 Å². The number of rotatable bonds is 3. The van der Waals surface area contributed by atoms with Crippen LogP contribution in [0.3, 0.4) is 0 Å². The first kappa shape index (κ1) is 12.4. The van der Waals surface area contributed by atoms with Crippen molar-refractivity contribution in [2.75, 3.05) is 6.61 Å². The molecular weight excluding hydrogens is 230 g/mol. The smallest absolute Gasteiger partial charge is 0.355 e. The van der Waals surface area contributed by atoms with E-state index >= 15 is 0 Å². The van der Waals surface area contributed by atoms with Gasteiger partial charge < -0.3 is 9.72 Å². The average Bonchev–Trinajstić information content (AvgIpc) is 2.74. The Labute approximate surface area is 105 Å². The molecule has 0 saturated carbocycles. The molecule has 0 aliphatic rings. The summed E-state index contributed by atoms with van der Waals surface area (Å²) in [5.74, 6) is -0.491. The summed E-state index contributed by atoms with van der Waals surface area (Å²) in [6.45, 7) is 5.86. The number of aldehydes is 1. The number of nitrogens with one attached hydrogen (secondary N) is 1. The van der Waals surface area contributed by atoms with Gasteiger partial charge in [0.1, 0.15) is 5.69 Å². The van der Waals surface area contributed by atoms with Crippen LogP contribution in [0.1, 0.15) is 38.9 Å². The molecule has 0 saturated heterocycles. The molecule has 0 atom stereocenters. The largest absolute Gasteiger partial charge is 0.461 e. The zero-order valence-corrected chi connectivity index (χ0v) is 10.7. The Balaban J connectivity index is 2.76. The van der Waals surface area contributed by atoms with E-state index in [0.29, 0.717) is 11.8 Å². The molecule has 4 heteroatoms. The Morgan fingerprint density at radius 1 is 1.33 bits per heavy atom. The van der Waals surface area contributed by atoms with E-state index in [9.17, 15) is 9.59 Å². The Kier molecular flexibility index (Phi) is 3.19. The minimum Gasteiger partial charge on any atom is -0.461 e. The van der Waals surface area contributed by atoms with Crippen LogP contribution in [0.5, 0.6) is 0 Å². The number of hydrogen-bond acceptors (Lipinski definition) is 3. The van der Waals surface area contributed by atoms with Crippen molar-refractivity contribution in [1.82, 2.24) is 4.98 Å². The third kappa shape index (κ3) is 1.79. The number of ether oxygens (including phenoxy) is 1. The fourth-order valence-corrected chi connectivity index (χ4v) is 2.12. The molecule has 0 amide bonds. The van der Waals surface area contributed by atoms with Crippen LogP contribution in [0.2, 0.25) is 0 Å². The number of carbonyl (C=O) groups is 2. The average molecular weight is 245 g/mol.